The molecule has 0 saturated heterocycles. The lowest BCUT2D eigenvalue weighted by Gasteiger charge is -2.22. The quantitative estimate of drug-likeness (QED) is 0.730. The first kappa shape index (κ1) is 11.6. The van der Waals surface area contributed by atoms with Crippen LogP contribution in [0, 0.1) is 0 Å². The second-order valence-electron chi connectivity index (χ2n) is 4.42. The fourth-order valence-corrected chi connectivity index (χ4v) is 1.77. The minimum atomic E-state index is 0.128. The highest BCUT2D eigenvalue weighted by atomic mass is 79.9. The van der Waals surface area contributed by atoms with Crippen molar-refractivity contribution in [1.29, 1.82) is 0 Å². The number of alkyl halides is 1. The second-order valence-corrected chi connectivity index (χ2v) is 4.98. The van der Waals surface area contributed by atoms with Crippen LogP contribution in [-0.4, -0.2) is 7.11 Å². The molecule has 1 aromatic carbocycles. The minimum Gasteiger partial charge on any atom is -0.496 e. The molecule has 0 spiro atoms. The van der Waals surface area contributed by atoms with E-state index in [0.29, 0.717) is 0 Å². The molecule has 1 aromatic rings. The predicted octanol–water partition coefficient (Wildman–Crippen LogP) is 3.89. The molecule has 0 aliphatic heterocycles. The van der Waals surface area contributed by atoms with Gasteiger partial charge in [-0.3, -0.25) is 0 Å². The topological polar surface area (TPSA) is 9.23 Å². The number of rotatable bonds is 2. The molecule has 0 fully saturated rings. The van der Waals surface area contributed by atoms with Crippen LogP contribution in [0.5, 0.6) is 5.75 Å². The van der Waals surface area contributed by atoms with Gasteiger partial charge in [0.15, 0.2) is 0 Å². The highest BCUT2D eigenvalue weighted by Crippen LogP contribution is 2.32. The summed E-state index contributed by atoms with van der Waals surface area (Å²) < 4.78 is 5.36. The van der Waals surface area contributed by atoms with Crippen LogP contribution in [0.2, 0.25) is 0 Å². The maximum absolute atomic E-state index is 5.36. The summed E-state index contributed by atoms with van der Waals surface area (Å²) in [6, 6.07) is 6.33. The molecule has 14 heavy (non-hydrogen) atoms. The van der Waals surface area contributed by atoms with Crippen LogP contribution in [0.1, 0.15) is 31.9 Å². The van der Waals surface area contributed by atoms with Crippen LogP contribution in [0.3, 0.4) is 0 Å². The van der Waals surface area contributed by atoms with E-state index in [1.54, 1.807) is 7.11 Å². The molecule has 0 radical (unpaired) electrons. The summed E-state index contributed by atoms with van der Waals surface area (Å²) in [5, 5.41) is 0.889. The number of hydrogen-bond acceptors (Lipinski definition) is 1. The minimum absolute atomic E-state index is 0.128. The Morgan fingerprint density at radius 2 is 1.93 bits per heavy atom. The van der Waals surface area contributed by atoms with Crippen molar-refractivity contribution in [2.24, 2.45) is 0 Å². The SMILES string of the molecule is COc1ccc(CBr)cc1C(C)(C)C. The molecule has 0 bridgehead atoms. The van der Waals surface area contributed by atoms with E-state index in [9.17, 15) is 0 Å². The molecule has 2 heteroatoms. The molecule has 0 atom stereocenters. The number of hydrogen-bond donors (Lipinski definition) is 0. The summed E-state index contributed by atoms with van der Waals surface area (Å²) >= 11 is 3.46. The Morgan fingerprint density at radius 1 is 1.29 bits per heavy atom. The smallest absolute Gasteiger partial charge is 0.122 e. The fourth-order valence-electron chi connectivity index (χ4n) is 1.42. The van der Waals surface area contributed by atoms with Crippen molar-refractivity contribution in [2.45, 2.75) is 31.5 Å². The molecule has 0 aliphatic carbocycles. The highest BCUT2D eigenvalue weighted by Gasteiger charge is 2.18. The van der Waals surface area contributed by atoms with Gasteiger partial charge in [-0.25, -0.2) is 0 Å². The van der Waals surface area contributed by atoms with Crippen LogP contribution in [0.15, 0.2) is 18.2 Å². The maximum Gasteiger partial charge on any atom is 0.122 e. The first-order valence-electron chi connectivity index (χ1n) is 4.72. The van der Waals surface area contributed by atoms with Crippen LogP contribution in [-0.2, 0) is 10.7 Å². The van der Waals surface area contributed by atoms with E-state index in [2.05, 4.69) is 48.8 Å². The lowest BCUT2D eigenvalue weighted by atomic mass is 9.85. The van der Waals surface area contributed by atoms with Gasteiger partial charge in [-0.15, -0.1) is 0 Å². The molecule has 0 amide bonds. The van der Waals surface area contributed by atoms with Crippen molar-refractivity contribution in [3.63, 3.8) is 0 Å². The highest BCUT2D eigenvalue weighted by molar-refractivity contribution is 9.08. The Balaban J connectivity index is 3.22. The standard InChI is InChI=1S/C12H17BrO/c1-12(2,3)10-7-9(8-13)5-6-11(10)14-4/h5-7H,8H2,1-4H3. The summed E-state index contributed by atoms with van der Waals surface area (Å²) in [5.41, 5.74) is 2.68. The van der Waals surface area contributed by atoms with Crippen molar-refractivity contribution >= 4 is 15.9 Å². The van der Waals surface area contributed by atoms with E-state index in [4.69, 9.17) is 4.74 Å². The van der Waals surface area contributed by atoms with E-state index in [-0.39, 0.29) is 5.41 Å². The largest absolute Gasteiger partial charge is 0.496 e. The summed E-state index contributed by atoms with van der Waals surface area (Å²) in [6.45, 7) is 6.59. The average molecular weight is 257 g/mol. The van der Waals surface area contributed by atoms with Crippen LogP contribution in [0.4, 0.5) is 0 Å². The monoisotopic (exact) mass is 256 g/mol. The lowest BCUT2D eigenvalue weighted by molar-refractivity contribution is 0.397. The molecular weight excluding hydrogens is 240 g/mol. The maximum atomic E-state index is 5.36. The van der Waals surface area contributed by atoms with Crippen molar-refractivity contribution in [2.75, 3.05) is 7.11 Å². The molecule has 0 aromatic heterocycles. The third kappa shape index (κ3) is 2.50. The molecule has 0 aliphatic rings. The Bertz CT molecular complexity index is 313. The van der Waals surface area contributed by atoms with Gasteiger partial charge in [0.25, 0.3) is 0 Å². The third-order valence-electron chi connectivity index (χ3n) is 2.23. The van der Waals surface area contributed by atoms with E-state index in [0.717, 1.165) is 11.1 Å². The normalized spacial score (nSPS) is 11.5. The van der Waals surface area contributed by atoms with Gasteiger partial charge >= 0.3 is 0 Å². The van der Waals surface area contributed by atoms with Gasteiger partial charge in [0, 0.05) is 5.33 Å². The summed E-state index contributed by atoms with van der Waals surface area (Å²) in [7, 11) is 1.72. The first-order chi connectivity index (χ1) is 6.49. The van der Waals surface area contributed by atoms with Gasteiger partial charge in [-0.1, -0.05) is 48.8 Å². The molecule has 0 unspecified atom stereocenters. The molecule has 78 valence electrons. The van der Waals surface area contributed by atoms with Crippen molar-refractivity contribution in [3.8, 4) is 5.75 Å². The zero-order valence-electron chi connectivity index (χ0n) is 9.23. The average Bonchev–Trinajstić information content (AvgIpc) is 2.15. The van der Waals surface area contributed by atoms with Gasteiger partial charge in [-0.2, -0.15) is 0 Å². The van der Waals surface area contributed by atoms with Crippen molar-refractivity contribution < 1.29 is 4.74 Å². The molecule has 0 heterocycles. The Morgan fingerprint density at radius 3 is 2.36 bits per heavy atom. The number of ether oxygens (including phenoxy) is 1. The second kappa shape index (κ2) is 4.35. The number of benzene rings is 1. The zero-order valence-corrected chi connectivity index (χ0v) is 10.8. The third-order valence-corrected chi connectivity index (χ3v) is 2.87. The predicted molar refractivity (Wildman–Crippen MR) is 64.3 cm³/mol. The summed E-state index contributed by atoms with van der Waals surface area (Å²) in [4.78, 5) is 0. The Hall–Kier alpha value is -0.500. The van der Waals surface area contributed by atoms with Crippen LogP contribution < -0.4 is 4.74 Å². The molecule has 0 N–H and O–H groups in total. The molecule has 1 nitrogen and oxygen atoms in total. The summed E-state index contributed by atoms with van der Waals surface area (Å²) in [5.74, 6) is 0.974. The summed E-state index contributed by atoms with van der Waals surface area (Å²) in [6.07, 6.45) is 0. The van der Waals surface area contributed by atoms with Crippen molar-refractivity contribution in [1.82, 2.24) is 0 Å². The molecule has 0 saturated carbocycles. The number of halogens is 1. The van der Waals surface area contributed by atoms with Crippen LogP contribution in [0.25, 0.3) is 0 Å². The first-order valence-corrected chi connectivity index (χ1v) is 5.84. The Labute approximate surface area is 94.6 Å². The van der Waals surface area contributed by atoms with Gasteiger partial charge in [0.1, 0.15) is 5.75 Å². The van der Waals surface area contributed by atoms with Gasteiger partial charge in [-0.05, 0) is 22.6 Å². The zero-order chi connectivity index (χ0) is 10.8. The molecule has 1 rings (SSSR count). The number of methoxy groups -OCH3 is 1. The van der Waals surface area contributed by atoms with E-state index < -0.39 is 0 Å². The lowest BCUT2D eigenvalue weighted by Crippen LogP contribution is -2.13. The van der Waals surface area contributed by atoms with Crippen molar-refractivity contribution in [3.05, 3.63) is 29.3 Å². The van der Waals surface area contributed by atoms with Gasteiger partial charge < -0.3 is 4.74 Å². The van der Waals surface area contributed by atoms with E-state index in [1.807, 2.05) is 6.07 Å². The Kier molecular flexibility index (Phi) is 3.59. The fraction of sp³-hybridized carbons (Fsp3) is 0.500. The molecular formula is C12H17BrO. The van der Waals surface area contributed by atoms with E-state index >= 15 is 0 Å². The van der Waals surface area contributed by atoms with E-state index in [1.165, 1.54) is 11.1 Å². The van der Waals surface area contributed by atoms with Gasteiger partial charge in [0.05, 0.1) is 7.11 Å². The van der Waals surface area contributed by atoms with Crippen LogP contribution >= 0.6 is 15.9 Å². The van der Waals surface area contributed by atoms with Gasteiger partial charge in [0.2, 0.25) is 0 Å².